The first-order valence-electron chi connectivity index (χ1n) is 10.5. The fourth-order valence-electron chi connectivity index (χ4n) is 4.01. The number of hydrogen-bond acceptors (Lipinski definition) is 6. The second-order valence-electron chi connectivity index (χ2n) is 8.05. The summed E-state index contributed by atoms with van der Waals surface area (Å²) in [5, 5.41) is 3.85. The first-order chi connectivity index (χ1) is 15.2. The Morgan fingerprint density at radius 3 is 2.59 bits per heavy atom. The first-order valence-corrected chi connectivity index (χ1v) is 10.5. The van der Waals surface area contributed by atoms with Crippen LogP contribution in [0.3, 0.4) is 0 Å². The van der Waals surface area contributed by atoms with E-state index in [9.17, 15) is 22.8 Å². The molecule has 2 fully saturated rings. The van der Waals surface area contributed by atoms with Crippen LogP contribution in [-0.2, 0) is 15.8 Å². The van der Waals surface area contributed by atoms with Crippen molar-refractivity contribution in [2.45, 2.75) is 32.0 Å². The van der Waals surface area contributed by atoms with Crippen molar-refractivity contribution in [2.24, 2.45) is 0 Å². The second-order valence-corrected chi connectivity index (χ2v) is 8.05. The van der Waals surface area contributed by atoms with Gasteiger partial charge in [-0.2, -0.15) is 18.2 Å². The Kier molecular flexibility index (Phi) is 6.18. The molecule has 8 nitrogen and oxygen atoms in total. The largest absolute Gasteiger partial charge is 0.416 e. The highest BCUT2D eigenvalue weighted by molar-refractivity contribution is 5.85. The summed E-state index contributed by atoms with van der Waals surface area (Å²) in [6, 6.07) is 4.55. The minimum absolute atomic E-state index is 0.0265. The first kappa shape index (κ1) is 22.3. The molecule has 0 N–H and O–H groups in total. The number of likely N-dealkylation sites (tertiary alicyclic amines) is 1. The SMILES string of the molecule is CC(c1nc(-c2cccc(C(F)(F)F)c2)no1)N1CCN(C(=O)CN2CCCC2=O)CC1. The fraction of sp³-hybridized carbons (Fsp3) is 0.524. The van der Waals surface area contributed by atoms with Gasteiger partial charge in [0.05, 0.1) is 18.2 Å². The van der Waals surface area contributed by atoms with Gasteiger partial charge < -0.3 is 14.3 Å². The zero-order chi connectivity index (χ0) is 22.9. The number of carbonyl (C=O) groups is 2. The van der Waals surface area contributed by atoms with Gasteiger partial charge in [-0.3, -0.25) is 14.5 Å². The summed E-state index contributed by atoms with van der Waals surface area (Å²) in [6.45, 7) is 4.83. The maximum Gasteiger partial charge on any atom is 0.416 e. The number of carbonyl (C=O) groups excluding carboxylic acids is 2. The Balaban J connectivity index is 1.35. The molecule has 1 atom stereocenters. The van der Waals surface area contributed by atoms with Gasteiger partial charge in [-0.1, -0.05) is 17.3 Å². The van der Waals surface area contributed by atoms with Gasteiger partial charge in [-0.25, -0.2) is 0 Å². The van der Waals surface area contributed by atoms with Gasteiger partial charge in [0.1, 0.15) is 0 Å². The van der Waals surface area contributed by atoms with Crippen LogP contribution in [0, 0.1) is 0 Å². The summed E-state index contributed by atoms with van der Waals surface area (Å²) in [6.07, 6.45) is -3.15. The summed E-state index contributed by atoms with van der Waals surface area (Å²) in [5.41, 5.74) is -0.542. The quantitative estimate of drug-likeness (QED) is 0.695. The predicted octanol–water partition coefficient (Wildman–Crippen LogP) is 2.58. The molecule has 2 aromatic rings. The van der Waals surface area contributed by atoms with Gasteiger partial charge in [0, 0.05) is 44.7 Å². The van der Waals surface area contributed by atoms with E-state index in [4.69, 9.17) is 4.52 Å². The van der Waals surface area contributed by atoms with Crippen molar-refractivity contribution < 1.29 is 27.3 Å². The number of benzene rings is 1. The molecule has 0 radical (unpaired) electrons. The van der Waals surface area contributed by atoms with Crippen molar-refractivity contribution in [3.8, 4) is 11.4 Å². The number of nitrogens with zero attached hydrogens (tertiary/aromatic N) is 5. The predicted molar refractivity (Wildman–Crippen MR) is 107 cm³/mol. The summed E-state index contributed by atoms with van der Waals surface area (Å²) in [5.74, 6) is 0.373. The molecular weight excluding hydrogens is 427 g/mol. The summed E-state index contributed by atoms with van der Waals surface area (Å²) in [7, 11) is 0. The second kappa shape index (κ2) is 8.89. The van der Waals surface area contributed by atoms with Crippen LogP contribution in [0.5, 0.6) is 0 Å². The van der Waals surface area contributed by atoms with Crippen molar-refractivity contribution in [3.05, 3.63) is 35.7 Å². The fourth-order valence-corrected chi connectivity index (χ4v) is 4.01. The van der Waals surface area contributed by atoms with Crippen molar-refractivity contribution in [2.75, 3.05) is 39.3 Å². The van der Waals surface area contributed by atoms with E-state index in [0.717, 1.165) is 18.6 Å². The Labute approximate surface area is 183 Å². The van der Waals surface area contributed by atoms with Crippen LogP contribution in [-0.4, -0.2) is 75.9 Å². The number of amides is 2. The number of rotatable bonds is 5. The lowest BCUT2D eigenvalue weighted by atomic mass is 10.1. The number of alkyl halides is 3. The Morgan fingerprint density at radius 2 is 1.94 bits per heavy atom. The van der Waals surface area contributed by atoms with Gasteiger partial charge in [0.15, 0.2) is 0 Å². The molecule has 1 aromatic heterocycles. The average Bonchev–Trinajstić information content (AvgIpc) is 3.42. The van der Waals surface area contributed by atoms with Crippen molar-refractivity contribution in [1.29, 1.82) is 0 Å². The summed E-state index contributed by atoms with van der Waals surface area (Å²) in [4.78, 5) is 34.0. The molecule has 0 saturated carbocycles. The molecule has 32 heavy (non-hydrogen) atoms. The molecular formula is C21H24F3N5O3. The van der Waals surface area contributed by atoms with E-state index in [1.54, 1.807) is 9.80 Å². The van der Waals surface area contributed by atoms with Gasteiger partial charge in [0.25, 0.3) is 0 Å². The number of aromatic nitrogens is 2. The Bertz CT molecular complexity index is 985. The van der Waals surface area contributed by atoms with Crippen LogP contribution in [0.4, 0.5) is 13.2 Å². The van der Waals surface area contributed by atoms with Crippen LogP contribution in [0.15, 0.2) is 28.8 Å². The van der Waals surface area contributed by atoms with E-state index in [2.05, 4.69) is 15.0 Å². The van der Waals surface area contributed by atoms with Gasteiger partial charge >= 0.3 is 6.18 Å². The minimum Gasteiger partial charge on any atom is -0.339 e. The van der Waals surface area contributed by atoms with Crippen molar-refractivity contribution in [3.63, 3.8) is 0 Å². The lowest BCUT2D eigenvalue weighted by Crippen LogP contribution is -2.51. The molecule has 172 valence electrons. The van der Waals surface area contributed by atoms with Gasteiger partial charge in [-0.15, -0.1) is 0 Å². The van der Waals surface area contributed by atoms with E-state index in [1.165, 1.54) is 12.1 Å². The highest BCUT2D eigenvalue weighted by Crippen LogP contribution is 2.32. The van der Waals surface area contributed by atoms with Crippen molar-refractivity contribution >= 4 is 11.8 Å². The van der Waals surface area contributed by atoms with E-state index < -0.39 is 11.7 Å². The maximum atomic E-state index is 13.0. The zero-order valence-corrected chi connectivity index (χ0v) is 17.6. The monoisotopic (exact) mass is 451 g/mol. The summed E-state index contributed by atoms with van der Waals surface area (Å²) >= 11 is 0. The molecule has 2 aliphatic heterocycles. The zero-order valence-electron chi connectivity index (χ0n) is 17.6. The molecule has 2 saturated heterocycles. The molecule has 2 aliphatic rings. The topological polar surface area (TPSA) is 82.8 Å². The van der Waals surface area contributed by atoms with Crippen LogP contribution >= 0.6 is 0 Å². The lowest BCUT2D eigenvalue weighted by Gasteiger charge is -2.37. The van der Waals surface area contributed by atoms with Crippen molar-refractivity contribution in [1.82, 2.24) is 24.8 Å². The van der Waals surface area contributed by atoms with E-state index >= 15 is 0 Å². The van der Waals surface area contributed by atoms with Gasteiger partial charge in [0.2, 0.25) is 23.5 Å². The van der Waals surface area contributed by atoms with Crippen LogP contribution in [0.2, 0.25) is 0 Å². The average molecular weight is 451 g/mol. The normalized spacial score (nSPS) is 18.9. The molecule has 4 rings (SSSR count). The van der Waals surface area contributed by atoms with E-state index in [-0.39, 0.29) is 35.8 Å². The van der Waals surface area contributed by atoms with Gasteiger partial charge in [-0.05, 0) is 25.5 Å². The van der Waals surface area contributed by atoms with Crippen LogP contribution < -0.4 is 0 Å². The van der Waals surface area contributed by atoms with Crippen LogP contribution in [0.25, 0.3) is 11.4 Å². The lowest BCUT2D eigenvalue weighted by molar-refractivity contribution is -0.139. The molecule has 0 aliphatic carbocycles. The number of halogens is 3. The molecule has 0 spiro atoms. The highest BCUT2D eigenvalue weighted by Gasteiger charge is 2.32. The molecule has 11 heteroatoms. The third-order valence-corrected chi connectivity index (χ3v) is 5.96. The van der Waals surface area contributed by atoms with E-state index in [0.29, 0.717) is 45.0 Å². The third-order valence-electron chi connectivity index (χ3n) is 5.96. The number of piperazine rings is 1. The molecule has 3 heterocycles. The molecule has 1 unspecified atom stereocenters. The Hall–Kier alpha value is -2.95. The third kappa shape index (κ3) is 4.77. The minimum atomic E-state index is -4.45. The standard InChI is InChI=1S/C21H24F3N5O3/c1-14(20-25-19(26-32-20)15-4-2-5-16(12-15)21(22,23)24)27-8-10-28(11-9-27)18(31)13-29-7-3-6-17(29)30/h2,4-5,12,14H,3,6-11,13H2,1H3. The smallest absolute Gasteiger partial charge is 0.339 e. The Morgan fingerprint density at radius 1 is 1.19 bits per heavy atom. The number of hydrogen-bond donors (Lipinski definition) is 0. The maximum absolute atomic E-state index is 13.0. The highest BCUT2D eigenvalue weighted by atomic mass is 19.4. The molecule has 0 bridgehead atoms. The van der Waals surface area contributed by atoms with E-state index in [1.807, 2.05) is 6.92 Å². The molecule has 2 amide bonds. The van der Waals surface area contributed by atoms with Crippen LogP contribution in [0.1, 0.15) is 37.3 Å². The molecule has 1 aromatic carbocycles. The summed E-state index contributed by atoms with van der Waals surface area (Å²) < 4.78 is 44.2.